The number of ether oxygens (including phenoxy) is 1. The van der Waals surface area contributed by atoms with E-state index in [1.165, 1.54) is 6.07 Å². The molecule has 6 heteroatoms. The zero-order valence-corrected chi connectivity index (χ0v) is 8.28. The van der Waals surface area contributed by atoms with Gasteiger partial charge in [0.1, 0.15) is 16.9 Å². The number of benzene rings is 1. The van der Waals surface area contributed by atoms with Crippen LogP contribution in [0, 0.1) is 5.82 Å². The molecule has 0 aliphatic heterocycles. The summed E-state index contributed by atoms with van der Waals surface area (Å²) >= 11 is 0. The molecule has 0 amide bonds. The van der Waals surface area contributed by atoms with E-state index in [9.17, 15) is 14.0 Å². The summed E-state index contributed by atoms with van der Waals surface area (Å²) in [7, 11) is 1.15. The topological polar surface area (TPSA) is 72.1 Å². The van der Waals surface area contributed by atoms with Gasteiger partial charge in [-0.1, -0.05) is 0 Å². The fourth-order valence-electron chi connectivity index (χ4n) is 1.39. The van der Waals surface area contributed by atoms with Crippen LogP contribution in [0.15, 0.2) is 23.1 Å². The smallest absolute Gasteiger partial charge is 0.343 e. The Bertz CT molecular complexity index is 621. The van der Waals surface area contributed by atoms with Gasteiger partial charge in [0.2, 0.25) is 0 Å². The van der Waals surface area contributed by atoms with Gasteiger partial charge in [0.05, 0.1) is 18.8 Å². The molecule has 0 saturated carbocycles. The Hall–Kier alpha value is -2.24. The van der Waals surface area contributed by atoms with Crippen molar-refractivity contribution >= 4 is 17.0 Å². The van der Waals surface area contributed by atoms with Gasteiger partial charge in [-0.3, -0.25) is 4.79 Å². The lowest BCUT2D eigenvalue weighted by Gasteiger charge is -2.04. The van der Waals surface area contributed by atoms with Gasteiger partial charge in [-0.25, -0.2) is 14.2 Å². The first-order chi connectivity index (χ1) is 7.63. The van der Waals surface area contributed by atoms with Crippen molar-refractivity contribution in [2.24, 2.45) is 0 Å². The Balaban J connectivity index is 2.84. The number of halogens is 1. The Labute approximate surface area is 88.9 Å². The molecular weight excluding hydrogens is 215 g/mol. The number of aromatic nitrogens is 2. The van der Waals surface area contributed by atoms with Crippen molar-refractivity contribution in [3.05, 3.63) is 40.1 Å². The minimum atomic E-state index is -0.831. The van der Waals surface area contributed by atoms with E-state index in [-0.39, 0.29) is 16.6 Å². The molecule has 0 spiro atoms. The Morgan fingerprint density at radius 3 is 2.94 bits per heavy atom. The molecule has 0 unspecified atom stereocenters. The second-order valence-electron chi connectivity index (χ2n) is 3.06. The van der Waals surface area contributed by atoms with Gasteiger partial charge in [0.15, 0.2) is 0 Å². The van der Waals surface area contributed by atoms with Crippen LogP contribution in [0.25, 0.3) is 11.0 Å². The lowest BCUT2D eigenvalue weighted by Crippen LogP contribution is -2.11. The second-order valence-corrected chi connectivity index (χ2v) is 3.06. The van der Waals surface area contributed by atoms with Crippen molar-refractivity contribution in [3.63, 3.8) is 0 Å². The highest BCUT2D eigenvalue weighted by molar-refractivity contribution is 6.01. The van der Waals surface area contributed by atoms with Crippen molar-refractivity contribution in [3.8, 4) is 0 Å². The number of nitrogens with zero attached hydrogens (tertiary/aromatic N) is 1. The first-order valence-electron chi connectivity index (χ1n) is 4.39. The molecule has 0 atom stereocenters. The Morgan fingerprint density at radius 2 is 2.25 bits per heavy atom. The zero-order valence-electron chi connectivity index (χ0n) is 8.28. The molecule has 82 valence electrons. The molecule has 0 aliphatic carbocycles. The third kappa shape index (κ3) is 1.54. The van der Waals surface area contributed by atoms with Crippen molar-refractivity contribution < 1.29 is 13.9 Å². The summed E-state index contributed by atoms with van der Waals surface area (Å²) in [4.78, 5) is 28.5. The summed E-state index contributed by atoms with van der Waals surface area (Å²) in [5.41, 5.74) is -0.341. The van der Waals surface area contributed by atoms with Crippen LogP contribution in [0.3, 0.4) is 0 Å². The van der Waals surface area contributed by atoms with Gasteiger partial charge < -0.3 is 9.72 Å². The van der Waals surface area contributed by atoms with E-state index in [1.54, 1.807) is 0 Å². The highest BCUT2D eigenvalue weighted by atomic mass is 19.1. The van der Waals surface area contributed by atoms with Crippen LogP contribution in [-0.2, 0) is 4.74 Å². The Morgan fingerprint density at radius 1 is 1.50 bits per heavy atom. The van der Waals surface area contributed by atoms with Crippen LogP contribution in [0.4, 0.5) is 4.39 Å². The first kappa shape index (κ1) is 10.3. The number of fused-ring (bicyclic) bond motifs is 1. The molecule has 0 aliphatic rings. The maximum Gasteiger partial charge on any atom is 0.343 e. The van der Waals surface area contributed by atoms with E-state index in [0.717, 1.165) is 19.4 Å². The lowest BCUT2D eigenvalue weighted by atomic mass is 10.1. The van der Waals surface area contributed by atoms with E-state index in [1.807, 2.05) is 0 Å². The number of hydrogen-bond donors (Lipinski definition) is 1. The number of aromatic amines is 1. The molecular formula is C10H7FN2O3. The van der Waals surface area contributed by atoms with Gasteiger partial charge in [0.25, 0.3) is 5.56 Å². The van der Waals surface area contributed by atoms with Crippen molar-refractivity contribution in [1.29, 1.82) is 0 Å². The molecule has 2 aromatic rings. The van der Waals surface area contributed by atoms with E-state index < -0.39 is 17.3 Å². The first-order valence-corrected chi connectivity index (χ1v) is 4.39. The van der Waals surface area contributed by atoms with Gasteiger partial charge in [-0.05, 0) is 12.1 Å². The quantitative estimate of drug-likeness (QED) is 0.726. The molecule has 0 saturated heterocycles. The number of carbonyl (C=O) groups is 1. The van der Waals surface area contributed by atoms with Crippen LogP contribution >= 0.6 is 0 Å². The molecule has 1 aromatic heterocycles. The number of methoxy groups -OCH3 is 1. The van der Waals surface area contributed by atoms with Crippen LogP contribution in [-0.4, -0.2) is 23.0 Å². The molecule has 1 heterocycles. The average Bonchev–Trinajstić information content (AvgIpc) is 2.28. The molecule has 0 fully saturated rings. The highest BCUT2D eigenvalue weighted by Gasteiger charge is 2.17. The molecule has 16 heavy (non-hydrogen) atoms. The molecule has 1 aromatic carbocycles. The van der Waals surface area contributed by atoms with Gasteiger partial charge in [-0.2, -0.15) is 0 Å². The number of esters is 1. The SMILES string of the molecule is COC(=O)c1c(F)ccc2[nH]c(=O)cnc12. The largest absolute Gasteiger partial charge is 0.465 e. The minimum absolute atomic E-state index is 0.0754. The van der Waals surface area contributed by atoms with Gasteiger partial charge >= 0.3 is 5.97 Å². The van der Waals surface area contributed by atoms with Crippen LogP contribution in [0.1, 0.15) is 10.4 Å². The van der Waals surface area contributed by atoms with E-state index >= 15 is 0 Å². The van der Waals surface area contributed by atoms with Crippen LogP contribution < -0.4 is 5.56 Å². The van der Waals surface area contributed by atoms with Gasteiger partial charge in [0, 0.05) is 0 Å². The predicted molar refractivity (Wildman–Crippen MR) is 53.7 cm³/mol. The molecule has 5 nitrogen and oxygen atoms in total. The number of rotatable bonds is 1. The zero-order chi connectivity index (χ0) is 11.7. The fraction of sp³-hybridized carbons (Fsp3) is 0.100. The monoisotopic (exact) mass is 222 g/mol. The van der Waals surface area contributed by atoms with E-state index in [0.29, 0.717) is 0 Å². The fourth-order valence-corrected chi connectivity index (χ4v) is 1.39. The summed E-state index contributed by atoms with van der Waals surface area (Å²) < 4.78 is 17.9. The van der Waals surface area contributed by atoms with E-state index in [4.69, 9.17) is 0 Å². The van der Waals surface area contributed by atoms with Gasteiger partial charge in [-0.15, -0.1) is 0 Å². The number of hydrogen-bond acceptors (Lipinski definition) is 4. The number of nitrogens with one attached hydrogen (secondary N) is 1. The van der Waals surface area contributed by atoms with Crippen LogP contribution in [0.5, 0.6) is 0 Å². The lowest BCUT2D eigenvalue weighted by molar-refractivity contribution is 0.0597. The summed E-state index contributed by atoms with van der Waals surface area (Å²) in [5, 5.41) is 0. The molecule has 2 rings (SSSR count). The minimum Gasteiger partial charge on any atom is -0.465 e. The standard InChI is InChI=1S/C10H7FN2O3/c1-16-10(15)8-5(11)2-3-6-9(8)12-4-7(14)13-6/h2-4H,1H3,(H,13,14). The summed E-state index contributed by atoms with van der Waals surface area (Å²) in [6.45, 7) is 0. The van der Waals surface area contributed by atoms with Crippen molar-refractivity contribution in [2.45, 2.75) is 0 Å². The van der Waals surface area contributed by atoms with E-state index in [2.05, 4.69) is 14.7 Å². The molecule has 1 N–H and O–H groups in total. The number of H-pyrrole nitrogens is 1. The average molecular weight is 222 g/mol. The maximum atomic E-state index is 13.4. The predicted octanol–water partition coefficient (Wildman–Crippen LogP) is 0.849. The van der Waals surface area contributed by atoms with Crippen molar-refractivity contribution in [2.75, 3.05) is 7.11 Å². The number of carbonyl (C=O) groups excluding carboxylic acids is 1. The molecule has 0 radical (unpaired) electrons. The summed E-state index contributed by atoms with van der Waals surface area (Å²) in [6, 6.07) is 2.41. The second kappa shape index (κ2) is 3.73. The Kier molecular flexibility index (Phi) is 2.40. The summed E-state index contributed by atoms with van der Waals surface area (Å²) in [6.07, 6.45) is 0.980. The third-order valence-corrected chi connectivity index (χ3v) is 2.09. The van der Waals surface area contributed by atoms with Crippen molar-refractivity contribution in [1.82, 2.24) is 9.97 Å². The molecule has 0 bridgehead atoms. The summed E-state index contributed by atoms with van der Waals surface area (Å²) in [5.74, 6) is -1.57. The third-order valence-electron chi connectivity index (χ3n) is 2.09. The normalized spacial score (nSPS) is 10.4. The maximum absolute atomic E-state index is 13.4. The highest BCUT2D eigenvalue weighted by Crippen LogP contribution is 2.17. The van der Waals surface area contributed by atoms with Crippen LogP contribution in [0.2, 0.25) is 0 Å².